The first-order valence-corrected chi connectivity index (χ1v) is 6.62. The molecule has 1 aromatic rings. The lowest BCUT2D eigenvalue weighted by molar-refractivity contribution is -0.384. The summed E-state index contributed by atoms with van der Waals surface area (Å²) in [5.41, 5.74) is -0.132. The van der Waals surface area contributed by atoms with E-state index in [-0.39, 0.29) is 16.6 Å². The third-order valence-corrected chi connectivity index (χ3v) is 3.93. The molecule has 17 heavy (non-hydrogen) atoms. The molecule has 0 amide bonds. The van der Waals surface area contributed by atoms with E-state index in [0.717, 1.165) is 0 Å². The molecule has 0 radical (unpaired) electrons. The van der Waals surface area contributed by atoms with E-state index in [4.69, 9.17) is 0 Å². The predicted molar refractivity (Wildman–Crippen MR) is 63.2 cm³/mol. The molecule has 1 aromatic carbocycles. The molecule has 6 nitrogen and oxygen atoms in total. The van der Waals surface area contributed by atoms with Crippen LogP contribution < -0.4 is 4.72 Å². The van der Waals surface area contributed by atoms with Crippen LogP contribution in [0.5, 0.6) is 0 Å². The Morgan fingerprint density at radius 2 is 1.88 bits per heavy atom. The van der Waals surface area contributed by atoms with Crippen LogP contribution in [0.25, 0.3) is 0 Å². The fourth-order valence-corrected chi connectivity index (χ4v) is 2.49. The van der Waals surface area contributed by atoms with E-state index in [1.54, 1.807) is 6.92 Å². The number of benzene rings is 1. The average molecular weight is 258 g/mol. The molecule has 1 atom stereocenters. The molecular formula is C10H14N2O4S. The van der Waals surface area contributed by atoms with Gasteiger partial charge >= 0.3 is 0 Å². The maximum atomic E-state index is 11.8. The SMILES string of the molecule is CC[C@H](C)NS(=O)(=O)c1ccc([N+](=O)[O-])cc1. The van der Waals surface area contributed by atoms with E-state index in [2.05, 4.69) is 4.72 Å². The second-order valence-corrected chi connectivity index (χ2v) is 5.40. The monoisotopic (exact) mass is 258 g/mol. The van der Waals surface area contributed by atoms with Crippen LogP contribution in [0.3, 0.4) is 0 Å². The van der Waals surface area contributed by atoms with E-state index >= 15 is 0 Å². The van der Waals surface area contributed by atoms with Gasteiger partial charge in [-0.2, -0.15) is 0 Å². The van der Waals surface area contributed by atoms with E-state index in [9.17, 15) is 18.5 Å². The number of rotatable bonds is 5. The van der Waals surface area contributed by atoms with Crippen LogP contribution in [-0.2, 0) is 10.0 Å². The van der Waals surface area contributed by atoms with Crippen LogP contribution in [0.15, 0.2) is 29.2 Å². The van der Waals surface area contributed by atoms with Gasteiger partial charge in [-0.25, -0.2) is 13.1 Å². The number of nitro groups is 1. The highest BCUT2D eigenvalue weighted by atomic mass is 32.2. The third kappa shape index (κ3) is 3.50. The Labute approximate surface area is 99.9 Å². The molecule has 94 valence electrons. The number of nitrogens with one attached hydrogen (secondary N) is 1. The van der Waals surface area contributed by atoms with Gasteiger partial charge in [-0.15, -0.1) is 0 Å². The van der Waals surface area contributed by atoms with Crippen LogP contribution >= 0.6 is 0 Å². The lowest BCUT2D eigenvalue weighted by Gasteiger charge is -2.11. The average Bonchev–Trinajstić information content (AvgIpc) is 2.28. The largest absolute Gasteiger partial charge is 0.269 e. The summed E-state index contributed by atoms with van der Waals surface area (Å²) >= 11 is 0. The first kappa shape index (κ1) is 13.6. The molecular weight excluding hydrogens is 244 g/mol. The highest BCUT2D eigenvalue weighted by Crippen LogP contribution is 2.16. The standard InChI is InChI=1S/C10H14N2O4S/c1-3-8(2)11-17(15,16)10-6-4-9(5-7-10)12(13)14/h4-8,11H,3H2,1-2H3/t8-/m0/s1. The highest BCUT2D eigenvalue weighted by Gasteiger charge is 2.17. The number of hydrogen-bond donors (Lipinski definition) is 1. The molecule has 1 rings (SSSR count). The van der Waals surface area contributed by atoms with Crippen molar-refractivity contribution in [2.45, 2.75) is 31.2 Å². The molecule has 0 aliphatic heterocycles. The Balaban J connectivity index is 2.96. The van der Waals surface area contributed by atoms with Crippen molar-refractivity contribution < 1.29 is 13.3 Å². The van der Waals surface area contributed by atoms with Gasteiger partial charge in [0.15, 0.2) is 0 Å². The Kier molecular flexibility index (Phi) is 4.19. The Morgan fingerprint density at radius 3 is 2.29 bits per heavy atom. The summed E-state index contributed by atoms with van der Waals surface area (Å²) in [7, 11) is -3.59. The molecule has 1 N–H and O–H groups in total. The van der Waals surface area contributed by atoms with Gasteiger partial charge in [-0.1, -0.05) is 6.92 Å². The van der Waals surface area contributed by atoms with Crippen molar-refractivity contribution in [3.63, 3.8) is 0 Å². The number of non-ortho nitro benzene ring substituents is 1. The highest BCUT2D eigenvalue weighted by molar-refractivity contribution is 7.89. The molecule has 0 bridgehead atoms. The Bertz CT molecular complexity index is 496. The molecule has 0 aliphatic rings. The zero-order valence-electron chi connectivity index (χ0n) is 9.58. The molecule has 0 heterocycles. The van der Waals surface area contributed by atoms with E-state index in [1.807, 2.05) is 6.92 Å². The Hall–Kier alpha value is -1.47. The van der Waals surface area contributed by atoms with Gasteiger partial charge in [0.25, 0.3) is 5.69 Å². The normalized spacial score (nSPS) is 13.3. The Morgan fingerprint density at radius 1 is 1.35 bits per heavy atom. The van der Waals surface area contributed by atoms with Gasteiger partial charge in [0.05, 0.1) is 9.82 Å². The van der Waals surface area contributed by atoms with Gasteiger partial charge in [0.1, 0.15) is 0 Å². The van der Waals surface area contributed by atoms with Gasteiger partial charge in [-0.3, -0.25) is 10.1 Å². The van der Waals surface area contributed by atoms with Crippen LogP contribution in [0.1, 0.15) is 20.3 Å². The first-order chi connectivity index (χ1) is 7.86. The van der Waals surface area contributed by atoms with Gasteiger partial charge in [0, 0.05) is 18.2 Å². The molecule has 0 unspecified atom stereocenters. The molecule has 0 saturated carbocycles. The lowest BCUT2D eigenvalue weighted by Crippen LogP contribution is -2.31. The van der Waals surface area contributed by atoms with Gasteiger partial charge in [0.2, 0.25) is 10.0 Å². The number of nitro benzene ring substituents is 1. The van der Waals surface area contributed by atoms with E-state index in [1.165, 1.54) is 24.3 Å². The fraction of sp³-hybridized carbons (Fsp3) is 0.400. The van der Waals surface area contributed by atoms with Crippen LogP contribution in [0.2, 0.25) is 0 Å². The summed E-state index contributed by atoms with van der Waals surface area (Å²) in [6.07, 6.45) is 0.673. The van der Waals surface area contributed by atoms with Crippen molar-refractivity contribution in [3.05, 3.63) is 34.4 Å². The smallest absolute Gasteiger partial charge is 0.258 e. The quantitative estimate of drug-likeness (QED) is 0.642. The molecule has 7 heteroatoms. The summed E-state index contributed by atoms with van der Waals surface area (Å²) in [6, 6.07) is 4.62. The fourth-order valence-electron chi connectivity index (χ4n) is 1.16. The van der Waals surface area contributed by atoms with Crippen LogP contribution in [-0.4, -0.2) is 19.4 Å². The zero-order chi connectivity index (χ0) is 13.1. The van der Waals surface area contributed by atoms with Crippen molar-refractivity contribution in [2.75, 3.05) is 0 Å². The summed E-state index contributed by atoms with van der Waals surface area (Å²) in [4.78, 5) is 9.89. The van der Waals surface area contributed by atoms with E-state index in [0.29, 0.717) is 6.42 Å². The number of nitrogens with zero attached hydrogens (tertiary/aromatic N) is 1. The van der Waals surface area contributed by atoms with Crippen molar-refractivity contribution >= 4 is 15.7 Å². The summed E-state index contributed by atoms with van der Waals surface area (Å²) in [5, 5.41) is 10.4. The lowest BCUT2D eigenvalue weighted by atomic mass is 10.3. The molecule has 0 spiro atoms. The van der Waals surface area contributed by atoms with Crippen LogP contribution in [0, 0.1) is 10.1 Å². The van der Waals surface area contributed by atoms with Crippen molar-refractivity contribution in [2.24, 2.45) is 0 Å². The maximum absolute atomic E-state index is 11.8. The second-order valence-electron chi connectivity index (χ2n) is 3.68. The molecule has 0 aliphatic carbocycles. The van der Waals surface area contributed by atoms with Gasteiger partial charge < -0.3 is 0 Å². The van der Waals surface area contributed by atoms with Crippen LogP contribution in [0.4, 0.5) is 5.69 Å². The summed E-state index contributed by atoms with van der Waals surface area (Å²) in [5.74, 6) is 0. The third-order valence-electron chi connectivity index (χ3n) is 2.33. The van der Waals surface area contributed by atoms with Crippen molar-refractivity contribution in [3.8, 4) is 0 Å². The van der Waals surface area contributed by atoms with Gasteiger partial charge in [-0.05, 0) is 25.5 Å². The second kappa shape index (κ2) is 5.24. The molecule has 0 fully saturated rings. The molecule has 0 saturated heterocycles. The minimum atomic E-state index is -3.59. The summed E-state index contributed by atoms with van der Waals surface area (Å²) < 4.78 is 26.1. The maximum Gasteiger partial charge on any atom is 0.269 e. The number of sulfonamides is 1. The van der Waals surface area contributed by atoms with Crippen molar-refractivity contribution in [1.29, 1.82) is 0 Å². The predicted octanol–water partition coefficient (Wildman–Crippen LogP) is 1.67. The first-order valence-electron chi connectivity index (χ1n) is 5.13. The number of hydrogen-bond acceptors (Lipinski definition) is 4. The topological polar surface area (TPSA) is 89.3 Å². The molecule has 0 aromatic heterocycles. The minimum absolute atomic E-state index is 0.0309. The van der Waals surface area contributed by atoms with Crippen molar-refractivity contribution in [1.82, 2.24) is 4.72 Å². The summed E-state index contributed by atoms with van der Waals surface area (Å²) in [6.45, 7) is 3.62. The zero-order valence-corrected chi connectivity index (χ0v) is 10.4. The minimum Gasteiger partial charge on any atom is -0.258 e. The van der Waals surface area contributed by atoms with E-state index < -0.39 is 14.9 Å².